The summed E-state index contributed by atoms with van der Waals surface area (Å²) >= 11 is 0. The maximum atomic E-state index is 12.8. The van der Waals surface area contributed by atoms with Crippen LogP contribution in [-0.2, 0) is 29.1 Å². The van der Waals surface area contributed by atoms with Crippen LogP contribution in [0.15, 0.2) is 0 Å². The SMILES string of the molecule is CCCCCCCCC(CC)OC(=O)CCCCCCCN(CCCCCCCC(=O)OC(CCCCCCCC)CCCCCCCC)CCCS(=O)(=O)NC.[HH]. The van der Waals surface area contributed by atoms with Gasteiger partial charge in [-0.2, -0.15) is 0 Å². The predicted molar refractivity (Wildman–Crippen MR) is 245 cm³/mol. The van der Waals surface area contributed by atoms with Gasteiger partial charge in [-0.3, -0.25) is 9.59 Å². The van der Waals surface area contributed by atoms with Crippen LogP contribution in [0.3, 0.4) is 0 Å². The van der Waals surface area contributed by atoms with Gasteiger partial charge in [-0.1, -0.05) is 163 Å². The number of carbonyl (C=O) groups excluding carboxylic acids is 2. The Bertz CT molecular complexity index is 985. The minimum absolute atomic E-state index is 0. The van der Waals surface area contributed by atoms with Crippen molar-refractivity contribution in [2.75, 3.05) is 32.4 Å². The maximum Gasteiger partial charge on any atom is 0.306 e. The molecular weight excluding hydrogens is 733 g/mol. The zero-order valence-corrected chi connectivity index (χ0v) is 39.4. The third-order valence-corrected chi connectivity index (χ3v) is 13.0. The van der Waals surface area contributed by atoms with Crippen molar-refractivity contribution in [2.24, 2.45) is 0 Å². The van der Waals surface area contributed by atoms with E-state index in [2.05, 4.69) is 37.3 Å². The lowest BCUT2D eigenvalue weighted by atomic mass is 10.0. The van der Waals surface area contributed by atoms with E-state index < -0.39 is 10.0 Å². The highest BCUT2D eigenvalue weighted by molar-refractivity contribution is 7.89. The molecule has 9 heteroatoms. The van der Waals surface area contributed by atoms with Gasteiger partial charge in [0.15, 0.2) is 0 Å². The second-order valence-electron chi connectivity index (χ2n) is 17.1. The molecule has 0 rings (SSSR count). The van der Waals surface area contributed by atoms with E-state index in [9.17, 15) is 18.0 Å². The number of rotatable bonds is 45. The monoisotopic (exact) mass is 831 g/mol. The third-order valence-electron chi connectivity index (χ3n) is 11.6. The number of hydrogen-bond donors (Lipinski definition) is 1. The molecule has 57 heavy (non-hydrogen) atoms. The lowest BCUT2D eigenvalue weighted by Gasteiger charge is -2.22. The Hall–Kier alpha value is -1.19. The summed E-state index contributed by atoms with van der Waals surface area (Å²) in [6.45, 7) is 11.6. The molecule has 8 nitrogen and oxygen atoms in total. The van der Waals surface area contributed by atoms with E-state index in [0.717, 1.165) is 129 Å². The minimum Gasteiger partial charge on any atom is -0.462 e. The number of esters is 2. The van der Waals surface area contributed by atoms with Crippen molar-refractivity contribution in [3.63, 3.8) is 0 Å². The van der Waals surface area contributed by atoms with Crippen LogP contribution in [0, 0.1) is 0 Å². The van der Waals surface area contributed by atoms with Crippen molar-refractivity contribution in [3.8, 4) is 0 Å². The molecule has 1 atom stereocenters. The molecule has 0 aliphatic carbocycles. The van der Waals surface area contributed by atoms with Crippen molar-refractivity contribution >= 4 is 22.0 Å². The first-order valence-corrected chi connectivity index (χ1v) is 26.4. The molecular formula is C48H98N2O6S. The summed E-state index contributed by atoms with van der Waals surface area (Å²) < 4.78 is 38.3. The normalized spacial score (nSPS) is 12.5. The molecule has 0 bridgehead atoms. The average molecular weight is 831 g/mol. The van der Waals surface area contributed by atoms with Gasteiger partial charge >= 0.3 is 11.9 Å². The summed E-state index contributed by atoms with van der Waals surface area (Å²) in [5, 5.41) is 0. The first kappa shape index (κ1) is 55.8. The van der Waals surface area contributed by atoms with E-state index in [4.69, 9.17) is 9.47 Å². The zero-order valence-electron chi connectivity index (χ0n) is 38.5. The van der Waals surface area contributed by atoms with Gasteiger partial charge in [0.25, 0.3) is 0 Å². The summed E-state index contributed by atoms with van der Waals surface area (Å²) in [5.74, 6) is 0.105. The topological polar surface area (TPSA) is 102 Å². The van der Waals surface area contributed by atoms with Gasteiger partial charge in [-0.25, -0.2) is 13.1 Å². The zero-order chi connectivity index (χ0) is 42.1. The Balaban J connectivity index is 0. The van der Waals surface area contributed by atoms with Crippen LogP contribution in [0.4, 0.5) is 0 Å². The number of nitrogens with zero attached hydrogens (tertiary/aromatic N) is 1. The van der Waals surface area contributed by atoms with Gasteiger partial charge in [0.2, 0.25) is 10.0 Å². The molecule has 0 aromatic heterocycles. The molecule has 0 heterocycles. The number of nitrogens with one attached hydrogen (secondary N) is 1. The molecule has 0 saturated heterocycles. The number of hydrogen-bond acceptors (Lipinski definition) is 7. The van der Waals surface area contributed by atoms with Crippen molar-refractivity contribution in [3.05, 3.63) is 0 Å². The lowest BCUT2D eigenvalue weighted by Crippen LogP contribution is -2.30. The molecule has 0 amide bonds. The average Bonchev–Trinajstić information content (AvgIpc) is 3.19. The molecule has 0 radical (unpaired) electrons. The number of unbranched alkanes of at least 4 members (excludes halogenated alkanes) is 23. The Morgan fingerprint density at radius 1 is 0.474 bits per heavy atom. The molecule has 0 spiro atoms. The van der Waals surface area contributed by atoms with E-state index in [-0.39, 0.29) is 31.3 Å². The van der Waals surface area contributed by atoms with Crippen molar-refractivity contribution in [1.82, 2.24) is 9.62 Å². The Morgan fingerprint density at radius 3 is 1.21 bits per heavy atom. The van der Waals surface area contributed by atoms with Gasteiger partial charge in [-0.05, 0) is 104 Å². The minimum atomic E-state index is -3.20. The first-order chi connectivity index (χ1) is 27.7. The quantitative estimate of drug-likeness (QED) is 0.0481. The highest BCUT2D eigenvalue weighted by Gasteiger charge is 2.15. The largest absolute Gasteiger partial charge is 0.462 e. The first-order valence-electron chi connectivity index (χ1n) is 24.7. The fourth-order valence-electron chi connectivity index (χ4n) is 7.74. The van der Waals surface area contributed by atoms with Crippen LogP contribution in [-0.4, -0.2) is 69.9 Å². The van der Waals surface area contributed by atoms with E-state index in [0.29, 0.717) is 19.3 Å². The third kappa shape index (κ3) is 38.7. The summed E-state index contributed by atoms with van der Waals surface area (Å²) in [7, 11) is -1.72. The highest BCUT2D eigenvalue weighted by atomic mass is 32.2. The summed E-state index contributed by atoms with van der Waals surface area (Å²) in [4.78, 5) is 27.7. The van der Waals surface area contributed by atoms with Crippen LogP contribution in [0.5, 0.6) is 0 Å². The van der Waals surface area contributed by atoms with Gasteiger partial charge in [0, 0.05) is 14.3 Å². The molecule has 342 valence electrons. The predicted octanol–water partition coefficient (Wildman–Crippen LogP) is 13.6. The van der Waals surface area contributed by atoms with E-state index in [1.807, 2.05) is 0 Å². The van der Waals surface area contributed by atoms with Crippen molar-refractivity contribution in [2.45, 2.75) is 265 Å². The van der Waals surface area contributed by atoms with Crippen LogP contribution in [0.25, 0.3) is 0 Å². The van der Waals surface area contributed by atoms with Crippen molar-refractivity contribution < 1.29 is 28.9 Å². The van der Waals surface area contributed by atoms with Crippen molar-refractivity contribution in [1.29, 1.82) is 0 Å². The second kappa shape index (κ2) is 41.5. The van der Waals surface area contributed by atoms with E-state index in [1.165, 1.54) is 103 Å². The highest BCUT2D eigenvalue weighted by Crippen LogP contribution is 2.19. The van der Waals surface area contributed by atoms with Crippen LogP contribution < -0.4 is 4.72 Å². The molecule has 0 aliphatic heterocycles. The summed E-state index contributed by atoms with van der Waals surface area (Å²) in [6, 6.07) is 0. The second-order valence-corrected chi connectivity index (χ2v) is 19.1. The number of carbonyl (C=O) groups is 2. The van der Waals surface area contributed by atoms with Gasteiger partial charge in [0.1, 0.15) is 12.2 Å². The van der Waals surface area contributed by atoms with Gasteiger partial charge in [0.05, 0.1) is 5.75 Å². The van der Waals surface area contributed by atoms with Gasteiger partial charge < -0.3 is 14.4 Å². The van der Waals surface area contributed by atoms with Crippen LogP contribution in [0.1, 0.15) is 254 Å². The smallest absolute Gasteiger partial charge is 0.306 e. The summed E-state index contributed by atoms with van der Waals surface area (Å²) in [6.07, 6.45) is 39.0. The molecule has 1 unspecified atom stereocenters. The maximum absolute atomic E-state index is 12.8. The van der Waals surface area contributed by atoms with Gasteiger partial charge in [-0.15, -0.1) is 0 Å². The Labute approximate surface area is 356 Å². The van der Waals surface area contributed by atoms with Crippen LogP contribution in [0.2, 0.25) is 0 Å². The fourth-order valence-corrected chi connectivity index (χ4v) is 8.45. The molecule has 0 saturated carbocycles. The molecule has 0 fully saturated rings. The molecule has 0 aromatic carbocycles. The van der Waals surface area contributed by atoms with Crippen LogP contribution >= 0.6 is 0 Å². The standard InChI is InChI=1S/C48H96N2O6S.H2/c1-6-10-13-16-21-28-36-45(9-4)55-47(51)39-31-24-19-26-33-41-50(43-35-44-57(53,54)49-5)42-34-27-20-25-32-40-48(52)56-46(37-29-22-17-14-11-7-2)38-30-23-18-15-12-8-3;/h45-46,49H,6-44H2,1-5H3;1H. The Kier molecular flexibility index (Phi) is 40.7. The number of ether oxygens (including phenoxy) is 2. The molecule has 0 aliphatic rings. The Morgan fingerprint density at radius 2 is 0.807 bits per heavy atom. The summed E-state index contributed by atoms with van der Waals surface area (Å²) in [5.41, 5.74) is 0. The fraction of sp³-hybridized carbons (Fsp3) is 0.958. The molecule has 1 N–H and O–H groups in total. The van der Waals surface area contributed by atoms with E-state index in [1.54, 1.807) is 0 Å². The number of sulfonamides is 1. The molecule has 0 aromatic rings. The van der Waals surface area contributed by atoms with E-state index >= 15 is 0 Å². The lowest BCUT2D eigenvalue weighted by molar-refractivity contribution is -0.150.